The highest BCUT2D eigenvalue weighted by atomic mass is 35.5. The molecule has 28 heavy (non-hydrogen) atoms. The van der Waals surface area contributed by atoms with Gasteiger partial charge in [0.05, 0.1) is 28.4 Å². The van der Waals surface area contributed by atoms with E-state index in [-0.39, 0.29) is 11.1 Å². The highest BCUT2D eigenvalue weighted by molar-refractivity contribution is 6.31. The summed E-state index contributed by atoms with van der Waals surface area (Å²) in [5.41, 5.74) is 7.82. The summed E-state index contributed by atoms with van der Waals surface area (Å²) in [5.74, 6) is 0.520. The van der Waals surface area contributed by atoms with Gasteiger partial charge in [0.2, 0.25) is 0 Å². The first-order valence-corrected chi connectivity index (χ1v) is 9.36. The SMILES string of the molecule is CCC(O)CC(C)Oc1cc2ncnc(Nc3ccc(F)c(Cl)c3)c2cc1N. The number of nitrogens with two attached hydrogens (primary N) is 1. The molecule has 1 heterocycles. The normalized spacial score (nSPS) is 13.3. The Morgan fingerprint density at radius 2 is 2.07 bits per heavy atom. The Morgan fingerprint density at radius 3 is 2.79 bits per heavy atom. The van der Waals surface area contributed by atoms with Crippen LogP contribution < -0.4 is 15.8 Å². The number of aliphatic hydroxyl groups is 1. The van der Waals surface area contributed by atoms with E-state index >= 15 is 0 Å². The molecule has 8 heteroatoms. The number of rotatable bonds is 7. The molecule has 3 rings (SSSR count). The molecule has 4 N–H and O–H groups in total. The molecule has 6 nitrogen and oxygen atoms in total. The molecular weight excluding hydrogens is 383 g/mol. The first-order chi connectivity index (χ1) is 13.4. The van der Waals surface area contributed by atoms with E-state index in [1.165, 1.54) is 18.5 Å². The van der Waals surface area contributed by atoms with Gasteiger partial charge < -0.3 is 20.9 Å². The van der Waals surface area contributed by atoms with Crippen LogP contribution in [0.15, 0.2) is 36.7 Å². The van der Waals surface area contributed by atoms with Gasteiger partial charge in [0.15, 0.2) is 0 Å². The number of hydrogen-bond acceptors (Lipinski definition) is 6. The molecule has 2 unspecified atom stereocenters. The molecule has 0 spiro atoms. The lowest BCUT2D eigenvalue weighted by Crippen LogP contribution is -2.20. The standard InChI is InChI=1S/C20H22ClFN4O2/c1-3-13(27)6-11(2)28-19-9-18-14(8-17(19)23)20(25-10-24-18)26-12-4-5-16(22)15(21)7-12/h4-5,7-11,13,27H,3,6,23H2,1-2H3,(H,24,25,26). The largest absolute Gasteiger partial charge is 0.488 e. The molecule has 148 valence electrons. The van der Waals surface area contributed by atoms with Crippen LogP contribution in [0.1, 0.15) is 26.7 Å². The Kier molecular flexibility index (Phi) is 6.16. The molecule has 3 aromatic rings. The van der Waals surface area contributed by atoms with Crippen LogP contribution in [-0.4, -0.2) is 27.3 Å². The summed E-state index contributed by atoms with van der Waals surface area (Å²) in [4.78, 5) is 8.53. The fourth-order valence-electron chi connectivity index (χ4n) is 2.83. The van der Waals surface area contributed by atoms with Crippen molar-refractivity contribution < 1.29 is 14.2 Å². The minimum absolute atomic E-state index is 0.0156. The quantitative estimate of drug-likeness (QED) is 0.495. The number of hydrogen-bond donors (Lipinski definition) is 3. The van der Waals surface area contributed by atoms with Gasteiger partial charge in [-0.2, -0.15) is 0 Å². The van der Waals surface area contributed by atoms with Crippen molar-refractivity contribution in [2.45, 2.75) is 38.9 Å². The van der Waals surface area contributed by atoms with Crippen LogP contribution >= 0.6 is 11.6 Å². The van der Waals surface area contributed by atoms with Crippen LogP contribution in [0.5, 0.6) is 5.75 Å². The van der Waals surface area contributed by atoms with Crippen LogP contribution in [0.3, 0.4) is 0 Å². The number of halogens is 2. The third-order valence-corrected chi connectivity index (χ3v) is 4.64. The van der Waals surface area contributed by atoms with Gasteiger partial charge in [0, 0.05) is 23.6 Å². The topological polar surface area (TPSA) is 93.3 Å². The number of fused-ring (bicyclic) bond motifs is 1. The Balaban J connectivity index is 1.88. The van der Waals surface area contributed by atoms with Crippen LogP contribution in [0.25, 0.3) is 10.9 Å². The van der Waals surface area contributed by atoms with Crippen LogP contribution in [0.2, 0.25) is 5.02 Å². The van der Waals surface area contributed by atoms with Gasteiger partial charge in [-0.1, -0.05) is 18.5 Å². The van der Waals surface area contributed by atoms with E-state index in [0.29, 0.717) is 46.7 Å². The summed E-state index contributed by atoms with van der Waals surface area (Å²) in [6.45, 7) is 3.80. The second kappa shape index (κ2) is 8.58. The molecular formula is C20H22ClFN4O2. The number of benzene rings is 2. The van der Waals surface area contributed by atoms with Crippen molar-refractivity contribution in [3.05, 3.63) is 47.5 Å². The molecule has 0 amide bonds. The molecule has 1 aromatic heterocycles. The van der Waals surface area contributed by atoms with E-state index in [1.54, 1.807) is 18.2 Å². The lowest BCUT2D eigenvalue weighted by atomic mass is 10.1. The Hall–Kier alpha value is -2.64. The fraction of sp³-hybridized carbons (Fsp3) is 0.300. The maximum atomic E-state index is 13.4. The van der Waals surface area contributed by atoms with E-state index in [4.69, 9.17) is 22.1 Å². The van der Waals surface area contributed by atoms with Crippen LogP contribution in [0, 0.1) is 5.82 Å². The van der Waals surface area contributed by atoms with E-state index in [1.807, 2.05) is 13.8 Å². The van der Waals surface area contributed by atoms with Crippen LogP contribution in [-0.2, 0) is 0 Å². The van der Waals surface area contributed by atoms with Crippen molar-refractivity contribution in [2.75, 3.05) is 11.1 Å². The molecule has 0 aliphatic rings. The van der Waals surface area contributed by atoms with Gasteiger partial charge in [0.1, 0.15) is 23.7 Å². The number of nitrogens with one attached hydrogen (secondary N) is 1. The number of nitrogens with zero attached hydrogens (tertiary/aromatic N) is 2. The smallest absolute Gasteiger partial charge is 0.144 e. The van der Waals surface area contributed by atoms with Gasteiger partial charge >= 0.3 is 0 Å². The zero-order valence-corrected chi connectivity index (χ0v) is 16.4. The number of nitrogen functional groups attached to an aromatic ring is 1. The maximum Gasteiger partial charge on any atom is 0.144 e. The maximum absolute atomic E-state index is 13.4. The van der Waals surface area contributed by atoms with Gasteiger partial charge in [0.25, 0.3) is 0 Å². The number of anilines is 3. The zero-order valence-electron chi connectivity index (χ0n) is 15.6. The Labute approximate surface area is 167 Å². The highest BCUT2D eigenvalue weighted by Crippen LogP contribution is 2.32. The molecule has 0 radical (unpaired) electrons. The van der Waals surface area contributed by atoms with E-state index in [2.05, 4.69) is 15.3 Å². The molecule has 0 fully saturated rings. The average molecular weight is 405 g/mol. The highest BCUT2D eigenvalue weighted by Gasteiger charge is 2.14. The predicted octanol–water partition coefficient (Wildman–Crippen LogP) is 4.68. The van der Waals surface area contributed by atoms with E-state index < -0.39 is 11.9 Å². The first-order valence-electron chi connectivity index (χ1n) is 8.98. The molecule has 2 aromatic carbocycles. The van der Waals surface area contributed by atoms with Gasteiger partial charge in [-0.25, -0.2) is 14.4 Å². The van der Waals surface area contributed by atoms with Crippen LogP contribution in [0.4, 0.5) is 21.6 Å². The minimum Gasteiger partial charge on any atom is -0.488 e. The zero-order chi connectivity index (χ0) is 20.3. The van der Waals surface area contributed by atoms with Crippen molar-refractivity contribution in [1.29, 1.82) is 0 Å². The molecule has 2 atom stereocenters. The Morgan fingerprint density at radius 1 is 1.29 bits per heavy atom. The van der Waals surface area contributed by atoms with Crippen molar-refractivity contribution in [1.82, 2.24) is 9.97 Å². The van der Waals surface area contributed by atoms with Crippen molar-refractivity contribution >= 4 is 39.7 Å². The third-order valence-electron chi connectivity index (χ3n) is 4.35. The molecule has 0 bridgehead atoms. The Bertz CT molecular complexity index is 986. The first kappa shape index (κ1) is 20.1. The summed E-state index contributed by atoms with van der Waals surface area (Å²) < 4.78 is 19.3. The van der Waals surface area contributed by atoms with E-state index in [0.717, 1.165) is 0 Å². The lowest BCUT2D eigenvalue weighted by Gasteiger charge is -2.19. The third kappa shape index (κ3) is 4.61. The molecule has 0 saturated carbocycles. The lowest BCUT2D eigenvalue weighted by molar-refractivity contribution is 0.101. The average Bonchev–Trinajstić information content (AvgIpc) is 2.66. The second-order valence-electron chi connectivity index (χ2n) is 6.61. The monoisotopic (exact) mass is 404 g/mol. The number of aliphatic hydroxyl groups excluding tert-OH is 1. The molecule has 0 aliphatic carbocycles. The fourth-order valence-corrected chi connectivity index (χ4v) is 3.01. The number of aromatic nitrogens is 2. The molecule has 0 saturated heterocycles. The summed E-state index contributed by atoms with van der Waals surface area (Å²) >= 11 is 5.84. The molecule has 0 aliphatic heterocycles. The van der Waals surface area contributed by atoms with Crippen molar-refractivity contribution in [3.8, 4) is 5.75 Å². The summed E-state index contributed by atoms with van der Waals surface area (Å²) in [6.07, 6.45) is 1.97. The minimum atomic E-state index is -0.492. The summed E-state index contributed by atoms with van der Waals surface area (Å²) in [5, 5.41) is 13.6. The van der Waals surface area contributed by atoms with Crippen molar-refractivity contribution in [2.24, 2.45) is 0 Å². The van der Waals surface area contributed by atoms with E-state index in [9.17, 15) is 9.50 Å². The number of ether oxygens (including phenoxy) is 1. The van der Waals surface area contributed by atoms with Crippen molar-refractivity contribution in [3.63, 3.8) is 0 Å². The predicted molar refractivity (Wildman–Crippen MR) is 110 cm³/mol. The van der Waals surface area contributed by atoms with Gasteiger partial charge in [-0.05, 0) is 37.6 Å². The summed E-state index contributed by atoms with van der Waals surface area (Å²) in [7, 11) is 0. The van der Waals surface area contributed by atoms with Gasteiger partial charge in [-0.3, -0.25) is 0 Å². The van der Waals surface area contributed by atoms with Gasteiger partial charge in [-0.15, -0.1) is 0 Å². The second-order valence-corrected chi connectivity index (χ2v) is 7.02. The summed E-state index contributed by atoms with van der Waals surface area (Å²) in [6, 6.07) is 7.79.